The average Bonchev–Trinajstić information content (AvgIpc) is 3.16. The molecule has 0 aliphatic rings. The summed E-state index contributed by atoms with van der Waals surface area (Å²) in [5.74, 6) is -3.00. The number of hydrogen-bond donors (Lipinski definition) is 7. The monoisotopic (exact) mass is 1030 g/mol. The Labute approximate surface area is 364 Å². The van der Waals surface area contributed by atoms with Crippen molar-refractivity contribution in [2.75, 3.05) is 37.6 Å². The van der Waals surface area contributed by atoms with E-state index in [2.05, 4.69) is 47.6 Å². The van der Waals surface area contributed by atoms with Crippen molar-refractivity contribution in [3.8, 4) is 11.5 Å². The fourth-order valence-corrected chi connectivity index (χ4v) is 10.2. The summed E-state index contributed by atoms with van der Waals surface area (Å²) in [7, 11) is -22.7. The number of methoxy groups -OCH3 is 1. The number of nitrogens with zero attached hydrogens (tertiary/aromatic N) is 4. The second-order valence-electron chi connectivity index (χ2n) is 11.7. The van der Waals surface area contributed by atoms with Gasteiger partial charge in [0.2, 0.25) is 0 Å². The molecule has 0 unspecified atom stereocenters. The minimum Gasteiger partial charge on any atom is -0.505 e. The van der Waals surface area contributed by atoms with E-state index in [0.717, 1.165) is 49.6 Å². The van der Waals surface area contributed by atoms with Crippen molar-refractivity contribution in [3.63, 3.8) is 0 Å². The van der Waals surface area contributed by atoms with Crippen molar-refractivity contribution in [1.29, 1.82) is 0 Å². The normalized spacial score (nSPS) is 13.1. The third-order valence-electron chi connectivity index (χ3n) is 7.68. The second kappa shape index (κ2) is 20.7. The molecule has 35 heteroatoms. The van der Waals surface area contributed by atoms with E-state index in [0.29, 0.717) is 0 Å². The van der Waals surface area contributed by atoms with Crippen LogP contribution < -0.4 is 10.5 Å². The van der Waals surface area contributed by atoms with Gasteiger partial charge in [0.05, 0.1) is 81.2 Å². The van der Waals surface area contributed by atoms with Gasteiger partial charge in [-0.2, -0.15) is 25.3 Å². The van der Waals surface area contributed by atoms with Gasteiger partial charge in [-0.1, -0.05) is 10.1 Å². The number of fused-ring (bicyclic) bond motifs is 1. The van der Waals surface area contributed by atoms with Crippen molar-refractivity contribution in [2.45, 2.75) is 31.4 Å². The number of rotatable bonds is 22. The maximum atomic E-state index is 13.0. The second-order valence-corrected chi connectivity index (χ2v) is 20.9. The summed E-state index contributed by atoms with van der Waals surface area (Å²) in [5.41, 5.74) is 3.78. The molecule has 0 heterocycles. The number of azo groups is 2. The summed E-state index contributed by atoms with van der Waals surface area (Å²) in [6.07, 6.45) is 0. The smallest absolute Gasteiger partial charge is 0.397 e. The quantitative estimate of drug-likeness (QED) is 0.0142. The van der Waals surface area contributed by atoms with E-state index >= 15 is 0 Å². The van der Waals surface area contributed by atoms with Gasteiger partial charge < -0.3 is 15.6 Å². The lowest BCUT2D eigenvalue weighted by atomic mass is 10.1. The zero-order valence-electron chi connectivity index (χ0n) is 31.2. The number of ether oxygens (including phenoxy) is 1. The standard InChI is InChI=1S/C28H29N5O23S7/c1-14-9-19(21(50-2)13-24(14)60(39,40)8-6-52-63(47,48)49)31-33-26-23(58-56-54-36)12-17-16(27(26)34)11-20(25(29)28(17)61(41,42)43)32-30-18-4-3-15(10-22(18)57-55-53-35)59(37,38)7-5-51-62(44,45)46/h3-4,9-13,34-36H,5-8,29H2,1-2H3,(H,41,42,43)(H,44,45,46)(H,47,48,49). The maximum absolute atomic E-state index is 13.0. The minimum absolute atomic E-state index is 0.0211. The largest absolute Gasteiger partial charge is 0.505 e. The summed E-state index contributed by atoms with van der Waals surface area (Å²) in [6, 6.07) is 6.95. The van der Waals surface area contributed by atoms with Crippen LogP contribution in [0.15, 0.2) is 87.4 Å². The third kappa shape index (κ3) is 13.6. The maximum Gasteiger partial charge on any atom is 0.397 e. The molecule has 0 aliphatic heterocycles. The first kappa shape index (κ1) is 51.4. The van der Waals surface area contributed by atoms with Gasteiger partial charge in [-0.05, 0) is 48.9 Å². The molecule has 0 saturated heterocycles. The van der Waals surface area contributed by atoms with Crippen LogP contribution in [0.3, 0.4) is 0 Å². The minimum atomic E-state index is -5.33. The van der Waals surface area contributed by atoms with Crippen LogP contribution in [0.2, 0.25) is 0 Å². The molecule has 0 atom stereocenters. The molecule has 0 bridgehead atoms. The van der Waals surface area contributed by atoms with Crippen LogP contribution in [0.5, 0.6) is 11.5 Å². The molecule has 0 spiro atoms. The van der Waals surface area contributed by atoms with Crippen molar-refractivity contribution in [2.24, 2.45) is 20.5 Å². The zero-order valence-corrected chi connectivity index (χ0v) is 36.9. The van der Waals surface area contributed by atoms with Crippen LogP contribution in [0.4, 0.5) is 28.4 Å². The van der Waals surface area contributed by atoms with E-state index in [-0.39, 0.29) is 61.5 Å². The summed E-state index contributed by atoms with van der Waals surface area (Å²) in [6.45, 7) is -0.588. The first-order chi connectivity index (χ1) is 29.2. The number of nitrogen functional groups attached to an aromatic ring is 1. The van der Waals surface area contributed by atoms with E-state index in [9.17, 15) is 51.7 Å². The van der Waals surface area contributed by atoms with Crippen LogP contribution in [0.25, 0.3) is 10.8 Å². The van der Waals surface area contributed by atoms with Gasteiger partial charge in [0.15, 0.2) is 25.4 Å². The highest BCUT2D eigenvalue weighted by Crippen LogP contribution is 2.49. The van der Waals surface area contributed by atoms with Crippen LogP contribution in [0, 0.1) is 6.92 Å². The van der Waals surface area contributed by atoms with E-state index in [4.69, 9.17) is 30.1 Å². The third-order valence-corrected chi connectivity index (χ3v) is 14.3. The molecule has 4 rings (SSSR count). The highest BCUT2D eigenvalue weighted by atomic mass is 32.3. The Balaban J connectivity index is 1.87. The number of aromatic hydroxyl groups is 1. The molecular weight excluding hydrogens is 999 g/mol. The molecule has 28 nitrogen and oxygen atoms in total. The molecule has 0 fully saturated rings. The fraction of sp³-hybridized carbons (Fsp3) is 0.214. The van der Waals surface area contributed by atoms with Crippen molar-refractivity contribution < 1.29 is 103 Å². The summed E-state index contributed by atoms with van der Waals surface area (Å²) in [5, 5.41) is 51.1. The van der Waals surface area contributed by atoms with Crippen LogP contribution in [-0.2, 0) is 77.7 Å². The van der Waals surface area contributed by atoms with Gasteiger partial charge in [-0.25, -0.2) is 35.7 Å². The number of sulfone groups is 2. The molecule has 4 aromatic carbocycles. The molecule has 346 valence electrons. The van der Waals surface area contributed by atoms with Gasteiger partial charge in [0.25, 0.3) is 10.1 Å². The van der Waals surface area contributed by atoms with Gasteiger partial charge in [-0.3, -0.25) is 13.7 Å². The number of hydrogen-bond acceptors (Lipinski definition) is 27. The molecule has 63 heavy (non-hydrogen) atoms. The van der Waals surface area contributed by atoms with E-state index < -0.39 is 119 Å². The predicted molar refractivity (Wildman–Crippen MR) is 213 cm³/mol. The lowest BCUT2D eigenvalue weighted by Gasteiger charge is -2.15. The predicted octanol–water partition coefficient (Wildman–Crippen LogP) is 4.56. The summed E-state index contributed by atoms with van der Waals surface area (Å²) >= 11 is 0.312. The Bertz CT molecular complexity index is 3020. The summed E-state index contributed by atoms with van der Waals surface area (Å²) in [4.78, 5) is -2.54. The van der Waals surface area contributed by atoms with Crippen molar-refractivity contribution in [1.82, 2.24) is 0 Å². The molecule has 0 amide bonds. The number of benzene rings is 4. The SMILES string of the molecule is COc1cc(S(=O)(=O)CCOS(=O)(=O)O)c(C)cc1N=Nc1c(SOOO)cc2c(S(=O)(=O)O)c(N)c(N=Nc3ccc(S(=O)(=O)CCOS(=O)(=O)O)cc3SOOO)cc2c1O. The molecule has 0 aromatic heterocycles. The topological polar surface area (TPSA) is 432 Å². The van der Waals surface area contributed by atoms with Gasteiger partial charge in [0, 0.05) is 16.8 Å². The molecule has 0 saturated carbocycles. The number of aryl methyl sites for hydroxylation is 1. The Hall–Kier alpha value is -4.25. The van der Waals surface area contributed by atoms with E-state index in [1.807, 2.05) is 0 Å². The molecule has 0 radical (unpaired) electrons. The summed E-state index contributed by atoms with van der Waals surface area (Å²) < 4.78 is 170. The molecular formula is C28H29N5O23S7. The number of phenolic OH excluding ortho intramolecular Hbond substituents is 1. The van der Waals surface area contributed by atoms with E-state index in [1.54, 1.807) is 0 Å². The van der Waals surface area contributed by atoms with E-state index in [1.165, 1.54) is 6.92 Å². The van der Waals surface area contributed by atoms with Crippen molar-refractivity contribution >= 4 is 114 Å². The van der Waals surface area contributed by atoms with Gasteiger partial charge in [0.1, 0.15) is 33.4 Å². The highest BCUT2D eigenvalue weighted by Gasteiger charge is 2.27. The lowest BCUT2D eigenvalue weighted by Crippen LogP contribution is -2.16. The van der Waals surface area contributed by atoms with Crippen molar-refractivity contribution in [3.05, 3.63) is 48.0 Å². The Morgan fingerprint density at radius 3 is 1.78 bits per heavy atom. The lowest BCUT2D eigenvalue weighted by molar-refractivity contribution is -0.432. The first-order valence-corrected chi connectivity index (χ1v) is 24.9. The Kier molecular flexibility index (Phi) is 16.9. The number of nitrogens with two attached hydrogens (primary N) is 1. The highest BCUT2D eigenvalue weighted by molar-refractivity contribution is 7.95. The number of phenols is 1. The van der Waals surface area contributed by atoms with Crippen LogP contribution in [-0.4, -0.2) is 103 Å². The van der Waals surface area contributed by atoms with Crippen LogP contribution in [0.1, 0.15) is 5.56 Å². The van der Waals surface area contributed by atoms with Gasteiger partial charge in [-0.15, -0.1) is 29.1 Å². The Morgan fingerprint density at radius 2 is 1.22 bits per heavy atom. The first-order valence-electron chi connectivity index (χ1n) is 16.0. The number of anilines is 1. The van der Waals surface area contributed by atoms with Crippen LogP contribution >= 0.6 is 24.1 Å². The molecule has 8 N–H and O–H groups in total. The fourth-order valence-electron chi connectivity index (χ4n) is 5.09. The average molecular weight is 1030 g/mol. The molecule has 4 aromatic rings. The molecule has 0 aliphatic carbocycles. The van der Waals surface area contributed by atoms with Gasteiger partial charge >= 0.3 is 20.8 Å². The Morgan fingerprint density at radius 1 is 0.667 bits per heavy atom. The zero-order chi connectivity index (χ0) is 47.1.